The van der Waals surface area contributed by atoms with Gasteiger partial charge in [-0.25, -0.2) is 4.39 Å². The van der Waals surface area contributed by atoms with Crippen molar-refractivity contribution >= 4 is 51.9 Å². The first-order valence-corrected chi connectivity index (χ1v) is 9.31. The Bertz CT molecular complexity index is 986. The van der Waals surface area contributed by atoms with Gasteiger partial charge in [-0.2, -0.15) is 5.10 Å². The van der Waals surface area contributed by atoms with Crippen molar-refractivity contribution in [1.29, 1.82) is 0 Å². The lowest BCUT2D eigenvalue weighted by Crippen LogP contribution is -2.20. The van der Waals surface area contributed by atoms with E-state index in [0.29, 0.717) is 21.7 Å². The fourth-order valence-electron chi connectivity index (χ4n) is 2.64. The van der Waals surface area contributed by atoms with Crippen molar-refractivity contribution in [3.8, 4) is 0 Å². The summed E-state index contributed by atoms with van der Waals surface area (Å²) in [6, 6.07) is 11.6. The molecule has 0 atom stereocenters. The summed E-state index contributed by atoms with van der Waals surface area (Å²) in [7, 11) is 0. The van der Waals surface area contributed by atoms with Gasteiger partial charge in [0, 0.05) is 5.69 Å². The Hall–Kier alpha value is -2.15. The van der Waals surface area contributed by atoms with Gasteiger partial charge in [-0.1, -0.05) is 35.3 Å². The molecule has 0 aliphatic heterocycles. The topological polar surface area (TPSA) is 41.9 Å². The number of benzene rings is 2. The number of anilines is 2. The second kappa shape index (κ2) is 8.25. The smallest absolute Gasteiger partial charge is 0.175 e. The Morgan fingerprint density at radius 3 is 2.44 bits per heavy atom. The third-order valence-corrected chi connectivity index (χ3v) is 4.99. The van der Waals surface area contributed by atoms with E-state index in [2.05, 4.69) is 15.7 Å². The molecule has 3 rings (SSSR count). The summed E-state index contributed by atoms with van der Waals surface area (Å²) in [6.45, 7) is 4.40. The Kier molecular flexibility index (Phi) is 5.99. The van der Waals surface area contributed by atoms with E-state index in [0.717, 1.165) is 28.3 Å². The fraction of sp³-hybridized carbons (Fsp3) is 0.158. The zero-order chi connectivity index (χ0) is 19.6. The fourth-order valence-corrected chi connectivity index (χ4v) is 3.16. The lowest BCUT2D eigenvalue weighted by molar-refractivity contribution is 0.622. The molecule has 0 aliphatic rings. The third-order valence-electron chi connectivity index (χ3n) is 4.04. The van der Waals surface area contributed by atoms with Crippen LogP contribution in [-0.2, 0) is 6.54 Å². The molecule has 1 aromatic heterocycles. The van der Waals surface area contributed by atoms with Crippen molar-refractivity contribution in [3.05, 3.63) is 75.3 Å². The molecule has 0 aliphatic carbocycles. The average molecular weight is 423 g/mol. The quantitative estimate of drug-likeness (QED) is 0.521. The van der Waals surface area contributed by atoms with E-state index in [9.17, 15) is 4.39 Å². The summed E-state index contributed by atoms with van der Waals surface area (Å²) >= 11 is 17.3. The maximum absolute atomic E-state index is 13.1. The normalized spacial score (nSPS) is 10.7. The molecule has 0 amide bonds. The molecule has 1 heterocycles. The van der Waals surface area contributed by atoms with E-state index in [1.165, 1.54) is 12.1 Å². The van der Waals surface area contributed by atoms with Gasteiger partial charge in [0.25, 0.3) is 0 Å². The summed E-state index contributed by atoms with van der Waals surface area (Å²) in [4.78, 5) is 0. The van der Waals surface area contributed by atoms with Gasteiger partial charge in [-0.05, 0) is 62.0 Å². The highest BCUT2D eigenvalue weighted by Crippen LogP contribution is 2.26. The van der Waals surface area contributed by atoms with Gasteiger partial charge in [-0.3, -0.25) is 4.68 Å². The number of hydrogen-bond donors (Lipinski definition) is 2. The van der Waals surface area contributed by atoms with Gasteiger partial charge >= 0.3 is 0 Å². The minimum atomic E-state index is -0.256. The highest BCUT2D eigenvalue weighted by atomic mass is 35.5. The Labute approximate surface area is 172 Å². The van der Waals surface area contributed by atoms with E-state index in [4.69, 9.17) is 35.4 Å². The maximum Gasteiger partial charge on any atom is 0.175 e. The lowest BCUT2D eigenvalue weighted by atomic mass is 10.2. The van der Waals surface area contributed by atoms with Crippen LogP contribution in [0.2, 0.25) is 10.0 Å². The van der Waals surface area contributed by atoms with Crippen LogP contribution < -0.4 is 10.6 Å². The molecule has 2 N–H and O–H groups in total. The van der Waals surface area contributed by atoms with E-state index in [1.54, 1.807) is 30.3 Å². The first kappa shape index (κ1) is 19.6. The molecule has 4 nitrogen and oxygen atoms in total. The van der Waals surface area contributed by atoms with E-state index in [1.807, 2.05) is 18.5 Å². The number of aryl methyl sites for hydroxylation is 1. The standard InChI is InChI=1S/C19H17Cl2FN4S/c1-11-18(24-19(27)23-15-7-8-16(20)17(21)9-15)12(2)26(25-11)10-13-3-5-14(22)6-4-13/h3-9H,10H2,1-2H3,(H2,23,24,27). The number of nitrogens with one attached hydrogen (secondary N) is 2. The molecule has 0 saturated heterocycles. The van der Waals surface area contributed by atoms with Gasteiger partial charge < -0.3 is 10.6 Å². The molecule has 2 aromatic carbocycles. The van der Waals surface area contributed by atoms with E-state index < -0.39 is 0 Å². The molecule has 0 bridgehead atoms. The van der Waals surface area contributed by atoms with Crippen LogP contribution in [0.1, 0.15) is 17.0 Å². The molecule has 140 valence electrons. The predicted octanol–water partition coefficient (Wildman–Crippen LogP) is 5.80. The van der Waals surface area contributed by atoms with E-state index >= 15 is 0 Å². The summed E-state index contributed by atoms with van der Waals surface area (Å²) < 4.78 is 14.9. The van der Waals surface area contributed by atoms with E-state index in [-0.39, 0.29) is 5.82 Å². The zero-order valence-electron chi connectivity index (χ0n) is 14.7. The molecule has 0 unspecified atom stereocenters. The van der Waals surface area contributed by atoms with Crippen LogP contribution in [-0.4, -0.2) is 14.9 Å². The van der Waals surface area contributed by atoms with Crippen LogP contribution in [0.4, 0.5) is 15.8 Å². The first-order valence-electron chi connectivity index (χ1n) is 8.15. The summed E-state index contributed by atoms with van der Waals surface area (Å²) in [5.41, 5.74) is 4.26. The Balaban J connectivity index is 1.72. The number of rotatable bonds is 4. The second-order valence-corrected chi connectivity index (χ2v) is 7.26. The minimum Gasteiger partial charge on any atom is -0.332 e. The number of hydrogen-bond acceptors (Lipinski definition) is 2. The third kappa shape index (κ3) is 4.77. The van der Waals surface area contributed by atoms with Crippen molar-refractivity contribution in [2.24, 2.45) is 0 Å². The summed E-state index contributed by atoms with van der Waals surface area (Å²) in [5, 5.41) is 12.1. The summed E-state index contributed by atoms with van der Waals surface area (Å²) in [5.74, 6) is -0.256. The monoisotopic (exact) mass is 422 g/mol. The first-order chi connectivity index (χ1) is 12.8. The van der Waals surface area contributed by atoms with Gasteiger partial charge in [0.1, 0.15) is 5.82 Å². The van der Waals surface area contributed by atoms with Crippen molar-refractivity contribution in [1.82, 2.24) is 9.78 Å². The molecule has 0 radical (unpaired) electrons. The van der Waals surface area contributed by atoms with Gasteiger partial charge in [0.2, 0.25) is 0 Å². The zero-order valence-corrected chi connectivity index (χ0v) is 17.0. The van der Waals surface area contributed by atoms with Gasteiger partial charge in [-0.15, -0.1) is 0 Å². The molecule has 0 spiro atoms. The van der Waals surface area contributed by atoms with Crippen LogP contribution >= 0.6 is 35.4 Å². The minimum absolute atomic E-state index is 0.256. The number of halogens is 3. The number of nitrogens with zero attached hydrogens (tertiary/aromatic N) is 2. The molecular weight excluding hydrogens is 406 g/mol. The molecule has 0 fully saturated rings. The van der Waals surface area contributed by atoms with Crippen LogP contribution in [0, 0.1) is 19.7 Å². The molecular formula is C19H17Cl2FN4S. The van der Waals surface area contributed by atoms with Crippen molar-refractivity contribution in [3.63, 3.8) is 0 Å². The largest absolute Gasteiger partial charge is 0.332 e. The van der Waals surface area contributed by atoms with Gasteiger partial charge in [0.05, 0.1) is 33.7 Å². The highest BCUT2D eigenvalue weighted by molar-refractivity contribution is 7.80. The maximum atomic E-state index is 13.1. The lowest BCUT2D eigenvalue weighted by Gasteiger charge is -2.12. The van der Waals surface area contributed by atoms with Crippen LogP contribution in [0.25, 0.3) is 0 Å². The molecule has 8 heteroatoms. The Morgan fingerprint density at radius 2 is 1.78 bits per heavy atom. The molecule has 0 saturated carbocycles. The average Bonchev–Trinajstić information content (AvgIpc) is 2.87. The van der Waals surface area contributed by atoms with Crippen LogP contribution in [0.15, 0.2) is 42.5 Å². The molecule has 3 aromatic rings. The predicted molar refractivity (Wildman–Crippen MR) is 114 cm³/mol. The SMILES string of the molecule is Cc1nn(Cc2ccc(F)cc2)c(C)c1NC(=S)Nc1ccc(Cl)c(Cl)c1. The van der Waals surface area contributed by atoms with Gasteiger partial charge in [0.15, 0.2) is 5.11 Å². The highest BCUT2D eigenvalue weighted by Gasteiger charge is 2.13. The van der Waals surface area contributed by atoms with Crippen molar-refractivity contribution in [2.45, 2.75) is 20.4 Å². The van der Waals surface area contributed by atoms with Crippen molar-refractivity contribution < 1.29 is 4.39 Å². The van der Waals surface area contributed by atoms with Crippen LogP contribution in [0.5, 0.6) is 0 Å². The Morgan fingerprint density at radius 1 is 1.07 bits per heavy atom. The second-order valence-electron chi connectivity index (χ2n) is 6.04. The molecule has 27 heavy (non-hydrogen) atoms. The summed E-state index contributed by atoms with van der Waals surface area (Å²) in [6.07, 6.45) is 0. The van der Waals surface area contributed by atoms with Crippen molar-refractivity contribution in [2.75, 3.05) is 10.6 Å². The number of aromatic nitrogens is 2. The number of thiocarbonyl (C=S) groups is 1. The van der Waals surface area contributed by atoms with Crippen LogP contribution in [0.3, 0.4) is 0 Å².